The lowest BCUT2D eigenvalue weighted by Gasteiger charge is -2.33. The minimum Gasteiger partial charge on any atom is -0.466 e. The van der Waals surface area contributed by atoms with Crippen molar-refractivity contribution < 1.29 is 9.53 Å². The molecule has 1 atom stereocenters. The zero-order chi connectivity index (χ0) is 13.4. The summed E-state index contributed by atoms with van der Waals surface area (Å²) in [7, 11) is 0. The minimum absolute atomic E-state index is 0.149. The van der Waals surface area contributed by atoms with Crippen LogP contribution in [0.5, 0.6) is 0 Å². The zero-order valence-corrected chi connectivity index (χ0v) is 11.5. The van der Waals surface area contributed by atoms with Crippen molar-refractivity contribution >= 4 is 5.97 Å². The van der Waals surface area contributed by atoms with Gasteiger partial charge in [0.15, 0.2) is 0 Å². The van der Waals surface area contributed by atoms with Gasteiger partial charge in [0.25, 0.3) is 0 Å². The summed E-state index contributed by atoms with van der Waals surface area (Å²) in [6.07, 6.45) is 1.22. The largest absolute Gasteiger partial charge is 0.466 e. The van der Waals surface area contributed by atoms with Crippen molar-refractivity contribution in [3.8, 4) is 0 Å². The van der Waals surface area contributed by atoms with Crippen molar-refractivity contribution in [3.05, 3.63) is 35.9 Å². The average molecular weight is 249 g/mol. The molecule has 100 valence electrons. The van der Waals surface area contributed by atoms with E-state index in [1.807, 2.05) is 25.1 Å². The molecule has 3 nitrogen and oxygen atoms in total. The summed E-state index contributed by atoms with van der Waals surface area (Å²) in [6.45, 7) is 7.23. The van der Waals surface area contributed by atoms with Crippen molar-refractivity contribution in [1.29, 1.82) is 0 Å². The van der Waals surface area contributed by atoms with Crippen LogP contribution in [-0.4, -0.2) is 19.1 Å². The standard InChI is InChI=1S/C15H23NO2/c1-4-15(16-5-2,12-14(17)18-6-3)13-10-8-7-9-11-13/h7-11,16H,4-6,12H2,1-3H3. The number of esters is 1. The number of nitrogens with one attached hydrogen (secondary N) is 1. The van der Waals surface area contributed by atoms with Crippen LogP contribution in [-0.2, 0) is 15.1 Å². The van der Waals surface area contributed by atoms with Crippen LogP contribution in [0.3, 0.4) is 0 Å². The number of hydrogen-bond donors (Lipinski definition) is 1. The molecular formula is C15H23NO2. The van der Waals surface area contributed by atoms with Gasteiger partial charge in [-0.05, 0) is 25.5 Å². The predicted molar refractivity (Wildman–Crippen MR) is 73.3 cm³/mol. The van der Waals surface area contributed by atoms with Crippen LogP contribution in [0, 0.1) is 0 Å². The molecule has 0 saturated carbocycles. The van der Waals surface area contributed by atoms with Crippen molar-refractivity contribution in [2.45, 2.75) is 39.2 Å². The molecule has 0 aliphatic heterocycles. The van der Waals surface area contributed by atoms with Crippen molar-refractivity contribution in [2.75, 3.05) is 13.2 Å². The first-order chi connectivity index (χ1) is 8.68. The van der Waals surface area contributed by atoms with Gasteiger partial charge in [-0.25, -0.2) is 0 Å². The van der Waals surface area contributed by atoms with Gasteiger partial charge in [-0.2, -0.15) is 0 Å². The summed E-state index contributed by atoms with van der Waals surface area (Å²) in [4.78, 5) is 11.8. The van der Waals surface area contributed by atoms with Gasteiger partial charge >= 0.3 is 5.97 Å². The molecule has 18 heavy (non-hydrogen) atoms. The summed E-state index contributed by atoms with van der Waals surface area (Å²) in [5.74, 6) is -0.149. The first kappa shape index (κ1) is 14.7. The van der Waals surface area contributed by atoms with Crippen molar-refractivity contribution in [2.24, 2.45) is 0 Å². The molecule has 0 radical (unpaired) electrons. The number of rotatable bonds is 7. The molecule has 0 fully saturated rings. The summed E-state index contributed by atoms with van der Waals surface area (Å²) in [5.41, 5.74) is 0.824. The van der Waals surface area contributed by atoms with E-state index in [-0.39, 0.29) is 11.5 Å². The number of benzene rings is 1. The van der Waals surface area contributed by atoms with Gasteiger partial charge in [-0.3, -0.25) is 4.79 Å². The Bertz CT molecular complexity index is 364. The second kappa shape index (κ2) is 7.17. The fourth-order valence-corrected chi connectivity index (χ4v) is 2.27. The van der Waals surface area contributed by atoms with Gasteiger partial charge in [0, 0.05) is 0 Å². The maximum absolute atomic E-state index is 11.8. The van der Waals surface area contributed by atoms with Crippen LogP contribution in [0.2, 0.25) is 0 Å². The lowest BCUT2D eigenvalue weighted by atomic mass is 9.84. The Balaban J connectivity index is 2.97. The smallest absolute Gasteiger partial charge is 0.308 e. The fraction of sp³-hybridized carbons (Fsp3) is 0.533. The maximum Gasteiger partial charge on any atom is 0.308 e. The quantitative estimate of drug-likeness (QED) is 0.755. The van der Waals surface area contributed by atoms with E-state index in [1.54, 1.807) is 0 Å². The van der Waals surface area contributed by atoms with Crippen LogP contribution in [0.15, 0.2) is 30.3 Å². The van der Waals surface area contributed by atoms with Crippen LogP contribution in [0.25, 0.3) is 0 Å². The number of hydrogen-bond acceptors (Lipinski definition) is 3. The van der Waals surface area contributed by atoms with E-state index in [4.69, 9.17) is 4.74 Å². The number of carbonyl (C=O) groups is 1. The third-order valence-corrected chi connectivity index (χ3v) is 3.20. The lowest BCUT2D eigenvalue weighted by molar-refractivity contribution is -0.145. The molecule has 3 heteroatoms. The van der Waals surface area contributed by atoms with Crippen molar-refractivity contribution in [3.63, 3.8) is 0 Å². The van der Waals surface area contributed by atoms with E-state index in [2.05, 4.69) is 31.3 Å². The summed E-state index contributed by atoms with van der Waals surface area (Å²) in [5, 5.41) is 3.45. The highest BCUT2D eigenvalue weighted by atomic mass is 16.5. The van der Waals surface area contributed by atoms with Gasteiger partial charge in [-0.15, -0.1) is 0 Å². The highest BCUT2D eigenvalue weighted by molar-refractivity contribution is 5.71. The van der Waals surface area contributed by atoms with Gasteiger partial charge in [0.05, 0.1) is 18.6 Å². The maximum atomic E-state index is 11.8. The number of carbonyl (C=O) groups excluding carboxylic acids is 1. The molecule has 1 aromatic carbocycles. The van der Waals surface area contributed by atoms with Gasteiger partial charge in [0.1, 0.15) is 0 Å². The molecule has 1 N–H and O–H groups in total. The molecule has 0 aromatic heterocycles. The summed E-state index contributed by atoms with van der Waals surface area (Å²) in [6, 6.07) is 10.1. The molecule has 1 unspecified atom stereocenters. The summed E-state index contributed by atoms with van der Waals surface area (Å²) < 4.78 is 5.09. The third kappa shape index (κ3) is 3.57. The molecule has 0 amide bonds. The molecule has 1 aromatic rings. The second-order valence-corrected chi connectivity index (χ2v) is 4.31. The van der Waals surface area contributed by atoms with Gasteiger partial charge in [-0.1, -0.05) is 44.2 Å². The Kier molecular flexibility index (Phi) is 5.86. The van der Waals surface area contributed by atoms with E-state index < -0.39 is 0 Å². The highest BCUT2D eigenvalue weighted by Crippen LogP contribution is 2.29. The van der Waals surface area contributed by atoms with E-state index in [1.165, 1.54) is 0 Å². The number of ether oxygens (including phenoxy) is 1. The van der Waals surface area contributed by atoms with Gasteiger partial charge < -0.3 is 10.1 Å². The highest BCUT2D eigenvalue weighted by Gasteiger charge is 2.32. The molecule has 0 spiro atoms. The van der Waals surface area contributed by atoms with E-state index in [0.717, 1.165) is 18.5 Å². The Labute approximate surface area is 110 Å². The van der Waals surface area contributed by atoms with Crippen LogP contribution in [0.4, 0.5) is 0 Å². The fourth-order valence-electron chi connectivity index (χ4n) is 2.27. The Morgan fingerprint density at radius 2 is 1.89 bits per heavy atom. The SMILES string of the molecule is CCNC(CC)(CC(=O)OCC)c1ccccc1. The van der Waals surface area contributed by atoms with Crippen LogP contribution in [0.1, 0.15) is 39.2 Å². The summed E-state index contributed by atoms with van der Waals surface area (Å²) >= 11 is 0. The minimum atomic E-state index is -0.317. The third-order valence-electron chi connectivity index (χ3n) is 3.20. The topological polar surface area (TPSA) is 38.3 Å². The second-order valence-electron chi connectivity index (χ2n) is 4.31. The van der Waals surface area contributed by atoms with Gasteiger partial charge in [0.2, 0.25) is 0 Å². The van der Waals surface area contributed by atoms with E-state index >= 15 is 0 Å². The Morgan fingerprint density at radius 3 is 2.39 bits per heavy atom. The Morgan fingerprint density at radius 1 is 1.22 bits per heavy atom. The molecule has 0 saturated heterocycles. The average Bonchev–Trinajstić information content (AvgIpc) is 2.39. The molecule has 0 aliphatic carbocycles. The predicted octanol–water partition coefficient (Wildman–Crippen LogP) is 2.85. The van der Waals surface area contributed by atoms with Crippen LogP contribution < -0.4 is 5.32 Å². The first-order valence-electron chi connectivity index (χ1n) is 6.64. The zero-order valence-electron chi connectivity index (χ0n) is 11.5. The Hall–Kier alpha value is -1.35. The van der Waals surface area contributed by atoms with E-state index in [0.29, 0.717) is 13.0 Å². The molecule has 0 aliphatic rings. The normalized spacial score (nSPS) is 13.9. The monoisotopic (exact) mass is 249 g/mol. The van der Waals surface area contributed by atoms with Crippen LogP contribution >= 0.6 is 0 Å². The van der Waals surface area contributed by atoms with Crippen molar-refractivity contribution in [1.82, 2.24) is 5.32 Å². The molecular weight excluding hydrogens is 226 g/mol. The molecule has 0 heterocycles. The molecule has 0 bridgehead atoms. The van der Waals surface area contributed by atoms with E-state index in [9.17, 15) is 4.79 Å². The first-order valence-corrected chi connectivity index (χ1v) is 6.64. The lowest BCUT2D eigenvalue weighted by Crippen LogP contribution is -2.44. The molecule has 1 rings (SSSR count).